The van der Waals surface area contributed by atoms with E-state index in [0.717, 1.165) is 25.7 Å². The van der Waals surface area contributed by atoms with Gasteiger partial charge in [-0.05, 0) is 81.9 Å². The van der Waals surface area contributed by atoms with E-state index in [1.807, 2.05) is 6.92 Å². The zero-order chi connectivity index (χ0) is 29.7. The minimum absolute atomic E-state index is 0.0470. The molecule has 0 saturated heterocycles. The minimum Gasteiger partial charge on any atom is -0.339 e. The van der Waals surface area contributed by atoms with Gasteiger partial charge < -0.3 is 10.6 Å². The first-order valence-electron chi connectivity index (χ1n) is 14.7. The number of carbonyl (C=O) groups excluding carboxylic acids is 2. The molecule has 2 saturated carbocycles. The standard InChI is InChI=1S/C26H32FN7O2/c1-4-18-21(14(3)32-33-18)17-10-11-20(29-24(17)27)30-26(36)23(22(15-6-7-15)16-8-9-16)31-25(35)19-12-13-28-34(19)5-2/h10-13,15-16,22-23H,4-9H2,1-3H3,(H,31,35)(H,32,33)(H,29,30,36)/t23-/m0/s1/i1D3,4D2. The average Bonchev–Trinajstić information content (AvgIpc) is 3.83. The number of carbonyl (C=O) groups is 2. The fourth-order valence-electron chi connectivity index (χ4n) is 4.96. The topological polar surface area (TPSA) is 118 Å². The fraction of sp³-hybridized carbons (Fsp3) is 0.500. The molecule has 0 bridgehead atoms. The van der Waals surface area contributed by atoms with Gasteiger partial charge in [-0.3, -0.25) is 19.4 Å². The normalized spacial score (nSPS) is 19.1. The lowest BCUT2D eigenvalue weighted by Crippen LogP contribution is -2.50. The molecule has 3 heterocycles. The molecule has 3 aromatic heterocycles. The number of nitrogens with one attached hydrogen (secondary N) is 3. The van der Waals surface area contributed by atoms with Crippen LogP contribution in [-0.4, -0.2) is 42.8 Å². The molecule has 9 nitrogen and oxygen atoms in total. The van der Waals surface area contributed by atoms with Gasteiger partial charge in [0.25, 0.3) is 5.91 Å². The highest BCUT2D eigenvalue weighted by atomic mass is 19.1. The van der Waals surface area contributed by atoms with Crippen molar-refractivity contribution in [3.63, 3.8) is 0 Å². The first-order valence-corrected chi connectivity index (χ1v) is 12.2. The molecule has 0 spiro atoms. The number of aromatic nitrogens is 5. The van der Waals surface area contributed by atoms with Gasteiger partial charge in [-0.25, -0.2) is 4.98 Å². The zero-order valence-electron chi connectivity index (χ0n) is 25.1. The van der Waals surface area contributed by atoms with E-state index >= 15 is 4.39 Å². The van der Waals surface area contributed by atoms with Crippen molar-refractivity contribution in [2.45, 2.75) is 65.3 Å². The van der Waals surface area contributed by atoms with Gasteiger partial charge in [0, 0.05) is 36.4 Å². The van der Waals surface area contributed by atoms with Crippen LogP contribution in [0.25, 0.3) is 11.1 Å². The van der Waals surface area contributed by atoms with Crippen LogP contribution in [0.2, 0.25) is 0 Å². The Labute approximate surface area is 216 Å². The molecular weight excluding hydrogens is 461 g/mol. The van der Waals surface area contributed by atoms with E-state index in [-0.39, 0.29) is 28.6 Å². The summed E-state index contributed by atoms with van der Waals surface area (Å²) in [5.41, 5.74) is -0.0693. The maximum absolute atomic E-state index is 15.4. The monoisotopic (exact) mass is 498 g/mol. The number of amides is 2. The number of hydrogen-bond acceptors (Lipinski definition) is 5. The summed E-state index contributed by atoms with van der Waals surface area (Å²) in [4.78, 5) is 30.7. The number of pyridine rings is 1. The van der Waals surface area contributed by atoms with Crippen LogP contribution in [0.3, 0.4) is 0 Å². The Kier molecular flexibility index (Phi) is 5.10. The molecule has 2 aliphatic rings. The summed E-state index contributed by atoms with van der Waals surface area (Å²) in [7, 11) is 0. The van der Waals surface area contributed by atoms with E-state index < -0.39 is 42.7 Å². The van der Waals surface area contributed by atoms with Crippen LogP contribution in [0.1, 0.15) is 68.2 Å². The van der Waals surface area contributed by atoms with E-state index in [9.17, 15) is 9.59 Å². The van der Waals surface area contributed by atoms with Gasteiger partial charge in [-0.2, -0.15) is 14.6 Å². The second-order valence-corrected chi connectivity index (χ2v) is 9.46. The smallest absolute Gasteiger partial charge is 0.270 e. The second kappa shape index (κ2) is 9.83. The van der Waals surface area contributed by atoms with Crippen molar-refractivity contribution in [3.8, 4) is 11.1 Å². The summed E-state index contributed by atoms with van der Waals surface area (Å²) in [5.74, 6) is -1.49. The Morgan fingerprint density at radius 1 is 1.28 bits per heavy atom. The summed E-state index contributed by atoms with van der Waals surface area (Å²) < 4.78 is 55.9. The lowest BCUT2D eigenvalue weighted by molar-refractivity contribution is -0.119. The van der Waals surface area contributed by atoms with Crippen molar-refractivity contribution in [3.05, 3.63) is 47.4 Å². The molecule has 0 aliphatic heterocycles. The molecule has 0 aromatic carbocycles. The number of aryl methyl sites for hydroxylation is 3. The quantitative estimate of drug-likeness (QED) is 0.367. The van der Waals surface area contributed by atoms with Crippen LogP contribution in [0.15, 0.2) is 24.4 Å². The van der Waals surface area contributed by atoms with Gasteiger partial charge >= 0.3 is 0 Å². The van der Waals surface area contributed by atoms with E-state index in [0.29, 0.717) is 24.1 Å². The molecule has 36 heavy (non-hydrogen) atoms. The molecule has 2 aliphatic carbocycles. The maximum atomic E-state index is 15.4. The lowest BCUT2D eigenvalue weighted by atomic mass is 9.88. The van der Waals surface area contributed by atoms with Crippen molar-refractivity contribution in [1.29, 1.82) is 0 Å². The van der Waals surface area contributed by atoms with Gasteiger partial charge in [0.1, 0.15) is 17.6 Å². The van der Waals surface area contributed by atoms with Gasteiger partial charge in [-0.1, -0.05) is 6.85 Å². The number of hydrogen-bond donors (Lipinski definition) is 3. The predicted octanol–water partition coefficient (Wildman–Crippen LogP) is 3.87. The average molecular weight is 499 g/mol. The highest BCUT2D eigenvalue weighted by molar-refractivity contribution is 6.00. The van der Waals surface area contributed by atoms with Crippen LogP contribution < -0.4 is 10.6 Å². The SMILES string of the molecule is [2H]C([2H])([2H])C([2H])([2H])c1n[nH]c(C)c1-c1ccc(NC(=O)[C@@H](NC(=O)c2ccnn2CC)C(C2CC2)C2CC2)nc1F. The van der Waals surface area contributed by atoms with Crippen molar-refractivity contribution in [2.75, 3.05) is 5.32 Å². The molecule has 1 atom stereocenters. The third-order valence-corrected chi connectivity index (χ3v) is 6.97. The molecule has 3 N–H and O–H groups in total. The van der Waals surface area contributed by atoms with Crippen LogP contribution in [0, 0.1) is 30.6 Å². The number of rotatable bonds is 10. The molecule has 2 amide bonds. The van der Waals surface area contributed by atoms with E-state index in [2.05, 4.69) is 30.9 Å². The summed E-state index contributed by atoms with van der Waals surface area (Å²) in [6.07, 6.45) is 2.58. The third-order valence-electron chi connectivity index (χ3n) is 6.97. The van der Waals surface area contributed by atoms with Crippen LogP contribution in [0.4, 0.5) is 10.2 Å². The number of aromatic amines is 1. The molecule has 5 rings (SSSR count). The molecule has 0 radical (unpaired) electrons. The van der Waals surface area contributed by atoms with Gasteiger partial charge in [0.2, 0.25) is 11.9 Å². The third kappa shape index (κ3) is 4.76. The Morgan fingerprint density at radius 3 is 2.67 bits per heavy atom. The van der Waals surface area contributed by atoms with Crippen LogP contribution >= 0.6 is 0 Å². The lowest BCUT2D eigenvalue weighted by Gasteiger charge is -2.27. The summed E-state index contributed by atoms with van der Waals surface area (Å²) in [5, 5.41) is 16.1. The zero-order valence-corrected chi connectivity index (χ0v) is 20.1. The minimum atomic E-state index is -3.05. The number of anilines is 1. The Bertz CT molecular complexity index is 1450. The van der Waals surface area contributed by atoms with Crippen molar-refractivity contribution < 1.29 is 20.8 Å². The Balaban J connectivity index is 1.41. The molecule has 3 aromatic rings. The summed E-state index contributed by atoms with van der Waals surface area (Å²) in [6, 6.07) is 3.38. The number of H-pyrrole nitrogens is 1. The van der Waals surface area contributed by atoms with Gasteiger partial charge in [-0.15, -0.1) is 0 Å². The summed E-state index contributed by atoms with van der Waals surface area (Å²) >= 11 is 0. The molecule has 10 heteroatoms. The van der Waals surface area contributed by atoms with Gasteiger partial charge in [0.15, 0.2) is 0 Å². The number of nitrogens with zero attached hydrogens (tertiary/aromatic N) is 4. The van der Waals surface area contributed by atoms with Crippen molar-refractivity contribution >= 4 is 17.6 Å². The maximum Gasteiger partial charge on any atom is 0.270 e. The van der Waals surface area contributed by atoms with E-state index in [1.54, 1.807) is 10.7 Å². The molecule has 2 fully saturated rings. The predicted molar refractivity (Wildman–Crippen MR) is 133 cm³/mol. The largest absolute Gasteiger partial charge is 0.339 e. The fourth-order valence-corrected chi connectivity index (χ4v) is 4.96. The highest BCUT2D eigenvalue weighted by Gasteiger charge is 2.48. The van der Waals surface area contributed by atoms with Crippen LogP contribution in [-0.2, 0) is 17.7 Å². The first kappa shape index (κ1) is 18.7. The Hall–Kier alpha value is -3.56. The van der Waals surface area contributed by atoms with Crippen LogP contribution in [0.5, 0.6) is 0 Å². The molecule has 0 unspecified atom stereocenters. The molecular formula is C26H32FN7O2. The van der Waals surface area contributed by atoms with Crippen molar-refractivity contribution in [1.82, 2.24) is 30.3 Å². The van der Waals surface area contributed by atoms with E-state index in [4.69, 9.17) is 6.85 Å². The Morgan fingerprint density at radius 2 is 2.03 bits per heavy atom. The molecule has 190 valence electrons. The van der Waals surface area contributed by atoms with Gasteiger partial charge in [0.05, 0.1) is 5.69 Å². The second-order valence-electron chi connectivity index (χ2n) is 9.46. The summed E-state index contributed by atoms with van der Waals surface area (Å²) in [6.45, 7) is 0.822. The van der Waals surface area contributed by atoms with Crippen molar-refractivity contribution in [2.24, 2.45) is 17.8 Å². The highest BCUT2D eigenvalue weighted by Crippen LogP contribution is 2.51. The van der Waals surface area contributed by atoms with E-state index in [1.165, 1.54) is 25.3 Å². The number of halogens is 1. The first-order chi connectivity index (χ1) is 19.3.